The van der Waals surface area contributed by atoms with Crippen LogP contribution in [0.25, 0.3) is 0 Å². The third-order valence-electron chi connectivity index (χ3n) is 4.27. The lowest BCUT2D eigenvalue weighted by Crippen LogP contribution is -2.46. The van der Waals surface area contributed by atoms with Gasteiger partial charge in [-0.15, -0.1) is 0 Å². The molecule has 0 spiro atoms. The minimum atomic E-state index is -0.388. The second kappa shape index (κ2) is 5.70. The summed E-state index contributed by atoms with van der Waals surface area (Å²) in [6.07, 6.45) is 3.16. The summed E-state index contributed by atoms with van der Waals surface area (Å²) in [5, 5.41) is 0. The number of nitrogens with zero attached hydrogens (tertiary/aromatic N) is 1. The van der Waals surface area contributed by atoms with Crippen molar-refractivity contribution < 1.29 is 9.18 Å². The number of piperidine rings is 1. The Morgan fingerprint density at radius 3 is 2.42 bits per heavy atom. The molecule has 1 amide bonds. The van der Waals surface area contributed by atoms with Crippen LogP contribution in [0.2, 0.25) is 0 Å². The number of aryl methyl sites for hydroxylation is 1. The lowest BCUT2D eigenvalue weighted by atomic mass is 9.73. The van der Waals surface area contributed by atoms with Crippen molar-refractivity contribution in [1.29, 1.82) is 0 Å². The predicted octanol–water partition coefficient (Wildman–Crippen LogP) is 1.96. The first-order valence-corrected chi connectivity index (χ1v) is 6.75. The summed E-state index contributed by atoms with van der Waals surface area (Å²) in [6, 6.07) is 6.47. The number of rotatable bonds is 4. The highest BCUT2D eigenvalue weighted by molar-refractivity contribution is 5.81. The Bertz CT molecular complexity index is 436. The fourth-order valence-electron chi connectivity index (χ4n) is 2.70. The molecule has 1 aromatic rings. The van der Waals surface area contributed by atoms with E-state index in [1.807, 2.05) is 0 Å². The van der Waals surface area contributed by atoms with Crippen molar-refractivity contribution in [3.05, 3.63) is 35.6 Å². The topological polar surface area (TPSA) is 46.3 Å². The van der Waals surface area contributed by atoms with E-state index in [9.17, 15) is 9.18 Å². The van der Waals surface area contributed by atoms with Gasteiger partial charge in [0.15, 0.2) is 0 Å². The molecular weight excluding hydrogens is 243 g/mol. The Morgan fingerprint density at radius 2 is 1.89 bits per heavy atom. The van der Waals surface area contributed by atoms with Crippen LogP contribution in [0.3, 0.4) is 0 Å². The third-order valence-corrected chi connectivity index (χ3v) is 4.27. The number of primary amides is 1. The summed E-state index contributed by atoms with van der Waals surface area (Å²) < 4.78 is 12.8. The summed E-state index contributed by atoms with van der Waals surface area (Å²) in [5.74, 6) is -0.421. The number of hydrogen-bond acceptors (Lipinski definition) is 2. The van der Waals surface area contributed by atoms with Crippen LogP contribution in [0.5, 0.6) is 0 Å². The smallest absolute Gasteiger partial charge is 0.223 e. The van der Waals surface area contributed by atoms with Gasteiger partial charge in [0.2, 0.25) is 5.91 Å². The molecule has 1 fully saturated rings. The van der Waals surface area contributed by atoms with Gasteiger partial charge in [-0.2, -0.15) is 0 Å². The first kappa shape index (κ1) is 14.0. The van der Waals surface area contributed by atoms with E-state index in [-0.39, 0.29) is 17.1 Å². The van der Waals surface area contributed by atoms with Gasteiger partial charge in [-0.1, -0.05) is 12.1 Å². The highest BCUT2D eigenvalue weighted by atomic mass is 19.1. The van der Waals surface area contributed by atoms with Gasteiger partial charge < -0.3 is 10.6 Å². The molecule has 1 heterocycles. The number of amides is 1. The molecule has 0 saturated carbocycles. The van der Waals surface area contributed by atoms with Crippen LogP contribution in [-0.4, -0.2) is 30.9 Å². The number of halogens is 1. The van der Waals surface area contributed by atoms with Crippen LogP contribution in [0, 0.1) is 11.2 Å². The lowest BCUT2D eigenvalue weighted by Gasteiger charge is -2.38. The van der Waals surface area contributed by atoms with Crippen molar-refractivity contribution in [3.63, 3.8) is 0 Å². The van der Waals surface area contributed by atoms with E-state index in [1.165, 1.54) is 12.1 Å². The van der Waals surface area contributed by atoms with Crippen molar-refractivity contribution in [1.82, 2.24) is 4.90 Å². The van der Waals surface area contributed by atoms with E-state index in [1.54, 1.807) is 12.1 Å². The second-order valence-electron chi connectivity index (χ2n) is 5.57. The molecule has 19 heavy (non-hydrogen) atoms. The van der Waals surface area contributed by atoms with Crippen molar-refractivity contribution >= 4 is 5.91 Å². The first-order chi connectivity index (χ1) is 9.02. The second-order valence-corrected chi connectivity index (χ2v) is 5.57. The van der Waals surface area contributed by atoms with Gasteiger partial charge in [0.25, 0.3) is 0 Å². The number of nitrogens with two attached hydrogens (primary N) is 1. The van der Waals surface area contributed by atoms with Crippen LogP contribution >= 0.6 is 0 Å². The van der Waals surface area contributed by atoms with Gasteiger partial charge in [0, 0.05) is 0 Å². The molecule has 0 radical (unpaired) electrons. The lowest BCUT2D eigenvalue weighted by molar-refractivity contribution is -0.130. The average molecular weight is 264 g/mol. The van der Waals surface area contributed by atoms with E-state index >= 15 is 0 Å². The fourth-order valence-corrected chi connectivity index (χ4v) is 2.70. The molecule has 1 aliphatic rings. The summed E-state index contributed by atoms with van der Waals surface area (Å²) in [6.45, 7) is 1.82. The Hall–Kier alpha value is -1.42. The SMILES string of the molecule is CN1CCC(CCc2ccc(F)cc2)(C(N)=O)CC1. The van der Waals surface area contributed by atoms with E-state index < -0.39 is 0 Å². The number of carbonyl (C=O) groups is 1. The number of carbonyl (C=O) groups excluding carboxylic acids is 1. The van der Waals surface area contributed by atoms with Crippen molar-refractivity contribution in [3.8, 4) is 0 Å². The van der Waals surface area contributed by atoms with Gasteiger partial charge >= 0.3 is 0 Å². The highest BCUT2D eigenvalue weighted by Gasteiger charge is 2.38. The molecule has 4 heteroatoms. The molecule has 2 rings (SSSR count). The molecule has 0 atom stereocenters. The van der Waals surface area contributed by atoms with Crippen LogP contribution in [0.4, 0.5) is 4.39 Å². The van der Waals surface area contributed by atoms with Crippen molar-refractivity contribution in [2.45, 2.75) is 25.7 Å². The maximum Gasteiger partial charge on any atom is 0.223 e. The van der Waals surface area contributed by atoms with Gasteiger partial charge in [-0.3, -0.25) is 4.79 Å². The molecule has 1 saturated heterocycles. The van der Waals surface area contributed by atoms with Gasteiger partial charge in [0.05, 0.1) is 5.41 Å². The molecule has 0 bridgehead atoms. The van der Waals surface area contributed by atoms with Crippen molar-refractivity contribution in [2.75, 3.05) is 20.1 Å². The average Bonchev–Trinajstić information content (AvgIpc) is 2.40. The Labute approximate surface area is 113 Å². The maximum atomic E-state index is 12.8. The molecule has 0 unspecified atom stereocenters. The van der Waals surface area contributed by atoms with Crippen LogP contribution in [0.1, 0.15) is 24.8 Å². The van der Waals surface area contributed by atoms with E-state index in [0.717, 1.165) is 44.3 Å². The number of likely N-dealkylation sites (tertiary alicyclic amines) is 1. The first-order valence-electron chi connectivity index (χ1n) is 6.75. The minimum Gasteiger partial charge on any atom is -0.369 e. The van der Waals surface area contributed by atoms with E-state index in [4.69, 9.17) is 5.73 Å². The quantitative estimate of drug-likeness (QED) is 0.903. The predicted molar refractivity (Wildman–Crippen MR) is 73.1 cm³/mol. The normalized spacial score (nSPS) is 19.3. The highest BCUT2D eigenvalue weighted by Crippen LogP contribution is 2.35. The zero-order chi connectivity index (χ0) is 13.9. The third kappa shape index (κ3) is 3.32. The molecular formula is C15H21FN2O. The molecule has 2 N–H and O–H groups in total. The molecule has 1 aromatic carbocycles. The van der Waals surface area contributed by atoms with Crippen molar-refractivity contribution in [2.24, 2.45) is 11.1 Å². The van der Waals surface area contributed by atoms with E-state index in [0.29, 0.717) is 0 Å². The molecule has 104 valence electrons. The molecule has 1 aliphatic heterocycles. The largest absolute Gasteiger partial charge is 0.369 e. The number of benzene rings is 1. The van der Waals surface area contributed by atoms with Gasteiger partial charge in [0.1, 0.15) is 5.82 Å². The Morgan fingerprint density at radius 1 is 1.32 bits per heavy atom. The Balaban J connectivity index is 2.01. The molecule has 3 nitrogen and oxygen atoms in total. The van der Waals surface area contributed by atoms with Crippen LogP contribution in [0.15, 0.2) is 24.3 Å². The summed E-state index contributed by atoms with van der Waals surface area (Å²) in [5.41, 5.74) is 6.29. The number of hydrogen-bond donors (Lipinski definition) is 1. The monoisotopic (exact) mass is 264 g/mol. The zero-order valence-electron chi connectivity index (χ0n) is 11.4. The van der Waals surface area contributed by atoms with E-state index in [2.05, 4.69) is 11.9 Å². The van der Waals surface area contributed by atoms with Crippen LogP contribution < -0.4 is 5.73 Å². The maximum absolute atomic E-state index is 12.8. The standard InChI is InChI=1S/C15H21FN2O/c1-18-10-8-15(9-11-18,14(17)19)7-6-12-2-4-13(16)5-3-12/h2-5H,6-11H2,1H3,(H2,17,19). The molecule has 0 aliphatic carbocycles. The van der Waals surface area contributed by atoms with Gasteiger partial charge in [-0.25, -0.2) is 4.39 Å². The summed E-state index contributed by atoms with van der Waals surface area (Å²) >= 11 is 0. The summed E-state index contributed by atoms with van der Waals surface area (Å²) in [7, 11) is 2.06. The molecule has 0 aromatic heterocycles. The van der Waals surface area contributed by atoms with Crippen LogP contribution in [-0.2, 0) is 11.2 Å². The zero-order valence-corrected chi connectivity index (χ0v) is 11.4. The summed E-state index contributed by atoms with van der Waals surface area (Å²) in [4.78, 5) is 14.0. The minimum absolute atomic E-state index is 0.192. The van der Waals surface area contributed by atoms with Gasteiger partial charge in [-0.05, 0) is 63.5 Å². The Kier molecular flexibility index (Phi) is 4.20. The fraction of sp³-hybridized carbons (Fsp3) is 0.533.